The van der Waals surface area contributed by atoms with Gasteiger partial charge in [0.2, 0.25) is 0 Å². The molecule has 0 saturated heterocycles. The van der Waals surface area contributed by atoms with Crippen LogP contribution in [-0.2, 0) is 13.0 Å². The Morgan fingerprint density at radius 1 is 1.19 bits per heavy atom. The van der Waals surface area contributed by atoms with Crippen LogP contribution in [0.15, 0.2) is 36.4 Å². The van der Waals surface area contributed by atoms with E-state index in [2.05, 4.69) is 35.5 Å². The van der Waals surface area contributed by atoms with Gasteiger partial charge >= 0.3 is 0 Å². The second-order valence-corrected chi connectivity index (χ2v) is 5.83. The monoisotopic (exact) mass is 284 g/mol. The molecule has 0 aromatic heterocycles. The Balaban J connectivity index is 1.73. The van der Waals surface area contributed by atoms with Crippen LogP contribution in [0.2, 0.25) is 0 Å². The highest BCUT2D eigenvalue weighted by Crippen LogP contribution is 2.27. The summed E-state index contributed by atoms with van der Waals surface area (Å²) in [5.74, 6) is -0.187. The molecule has 0 radical (unpaired) electrons. The van der Waals surface area contributed by atoms with Crippen LogP contribution in [0.1, 0.15) is 23.1 Å². The molecule has 110 valence electrons. The van der Waals surface area contributed by atoms with Gasteiger partial charge in [-0.05, 0) is 54.7 Å². The zero-order chi connectivity index (χ0) is 14.8. The van der Waals surface area contributed by atoms with Gasteiger partial charge in [-0.25, -0.2) is 4.39 Å². The SMILES string of the molecule is Cc1ccc(NCc2ccc3c(c2)CCCN3C)c(F)c1. The number of hydrogen-bond acceptors (Lipinski definition) is 2. The number of benzene rings is 2. The van der Waals surface area contributed by atoms with E-state index in [0.29, 0.717) is 12.2 Å². The van der Waals surface area contributed by atoms with E-state index < -0.39 is 0 Å². The van der Waals surface area contributed by atoms with E-state index in [1.165, 1.54) is 23.2 Å². The van der Waals surface area contributed by atoms with Gasteiger partial charge in [0.15, 0.2) is 0 Å². The summed E-state index contributed by atoms with van der Waals surface area (Å²) in [5.41, 5.74) is 5.42. The average molecular weight is 284 g/mol. The summed E-state index contributed by atoms with van der Waals surface area (Å²) >= 11 is 0. The fraction of sp³-hybridized carbons (Fsp3) is 0.333. The van der Waals surface area contributed by atoms with Crippen LogP contribution in [0, 0.1) is 12.7 Å². The molecule has 0 spiro atoms. The van der Waals surface area contributed by atoms with Crippen molar-refractivity contribution in [2.45, 2.75) is 26.3 Å². The summed E-state index contributed by atoms with van der Waals surface area (Å²) in [6, 6.07) is 11.8. The number of hydrogen-bond donors (Lipinski definition) is 1. The van der Waals surface area contributed by atoms with Gasteiger partial charge in [0.05, 0.1) is 5.69 Å². The van der Waals surface area contributed by atoms with Crippen molar-refractivity contribution in [1.82, 2.24) is 0 Å². The second kappa shape index (κ2) is 5.76. The van der Waals surface area contributed by atoms with E-state index in [9.17, 15) is 4.39 Å². The molecule has 0 bridgehead atoms. The lowest BCUT2D eigenvalue weighted by atomic mass is 9.99. The summed E-state index contributed by atoms with van der Waals surface area (Å²) in [6.45, 7) is 3.67. The third-order valence-electron chi connectivity index (χ3n) is 4.10. The van der Waals surface area contributed by atoms with Crippen LogP contribution in [0.5, 0.6) is 0 Å². The molecule has 3 heteroatoms. The molecule has 2 nitrogen and oxygen atoms in total. The predicted molar refractivity (Wildman–Crippen MR) is 86.5 cm³/mol. The van der Waals surface area contributed by atoms with Crippen molar-refractivity contribution in [2.75, 3.05) is 23.8 Å². The van der Waals surface area contributed by atoms with Crippen LogP contribution >= 0.6 is 0 Å². The average Bonchev–Trinajstić information content (AvgIpc) is 2.46. The summed E-state index contributed by atoms with van der Waals surface area (Å²) < 4.78 is 13.8. The Labute approximate surface area is 125 Å². The molecular weight excluding hydrogens is 263 g/mol. The quantitative estimate of drug-likeness (QED) is 0.911. The summed E-state index contributed by atoms with van der Waals surface area (Å²) in [7, 11) is 2.14. The van der Waals surface area contributed by atoms with Crippen LogP contribution in [0.4, 0.5) is 15.8 Å². The molecular formula is C18H21FN2. The lowest BCUT2D eigenvalue weighted by Crippen LogP contribution is -2.24. The molecule has 2 aromatic rings. The molecule has 1 heterocycles. The maximum atomic E-state index is 13.8. The van der Waals surface area contributed by atoms with Gasteiger partial charge in [-0.3, -0.25) is 0 Å². The third kappa shape index (κ3) is 3.02. The molecule has 0 aliphatic carbocycles. The highest BCUT2D eigenvalue weighted by atomic mass is 19.1. The number of rotatable bonds is 3. The van der Waals surface area contributed by atoms with Crippen molar-refractivity contribution in [3.8, 4) is 0 Å². The molecule has 2 aromatic carbocycles. The molecule has 0 atom stereocenters. The Morgan fingerprint density at radius 3 is 2.86 bits per heavy atom. The summed E-state index contributed by atoms with van der Waals surface area (Å²) in [4.78, 5) is 2.30. The minimum absolute atomic E-state index is 0.187. The number of halogens is 1. The number of anilines is 2. The van der Waals surface area contributed by atoms with Crippen molar-refractivity contribution in [1.29, 1.82) is 0 Å². The van der Waals surface area contributed by atoms with E-state index in [1.54, 1.807) is 12.1 Å². The summed E-state index contributed by atoms with van der Waals surface area (Å²) in [6.07, 6.45) is 2.33. The first-order valence-corrected chi connectivity index (χ1v) is 7.46. The van der Waals surface area contributed by atoms with Gasteiger partial charge in [-0.2, -0.15) is 0 Å². The van der Waals surface area contributed by atoms with Crippen molar-refractivity contribution < 1.29 is 4.39 Å². The number of fused-ring (bicyclic) bond motifs is 1. The van der Waals surface area contributed by atoms with Crippen molar-refractivity contribution in [3.63, 3.8) is 0 Å². The molecule has 0 unspecified atom stereocenters. The second-order valence-electron chi connectivity index (χ2n) is 5.83. The van der Waals surface area contributed by atoms with E-state index in [0.717, 1.165) is 18.5 Å². The third-order valence-corrected chi connectivity index (χ3v) is 4.10. The molecule has 21 heavy (non-hydrogen) atoms. The Morgan fingerprint density at radius 2 is 2.05 bits per heavy atom. The largest absolute Gasteiger partial charge is 0.379 e. The predicted octanol–water partition coefficient (Wildman–Crippen LogP) is 4.13. The molecule has 0 amide bonds. The molecule has 1 aliphatic rings. The van der Waals surface area contributed by atoms with Crippen LogP contribution < -0.4 is 10.2 Å². The standard InChI is InChI=1S/C18H21FN2/c1-13-5-7-17(16(19)10-13)20-12-14-6-8-18-15(11-14)4-3-9-21(18)2/h5-8,10-11,20H,3-4,9,12H2,1-2H3. The number of nitrogens with zero attached hydrogens (tertiary/aromatic N) is 1. The van der Waals surface area contributed by atoms with Crippen LogP contribution in [0.3, 0.4) is 0 Å². The van der Waals surface area contributed by atoms with Crippen LogP contribution in [0.25, 0.3) is 0 Å². The first kappa shape index (κ1) is 13.9. The maximum absolute atomic E-state index is 13.8. The fourth-order valence-electron chi connectivity index (χ4n) is 2.91. The van der Waals surface area contributed by atoms with Gasteiger partial charge < -0.3 is 10.2 Å². The van der Waals surface area contributed by atoms with E-state index in [1.807, 2.05) is 13.0 Å². The molecule has 3 rings (SSSR count). The van der Waals surface area contributed by atoms with Crippen molar-refractivity contribution >= 4 is 11.4 Å². The van der Waals surface area contributed by atoms with E-state index in [4.69, 9.17) is 0 Å². The lowest BCUT2D eigenvalue weighted by molar-refractivity contribution is 0.629. The molecule has 1 N–H and O–H groups in total. The molecule has 1 aliphatic heterocycles. The number of aryl methyl sites for hydroxylation is 2. The van der Waals surface area contributed by atoms with Gasteiger partial charge in [0.25, 0.3) is 0 Å². The van der Waals surface area contributed by atoms with Gasteiger partial charge in [0, 0.05) is 25.8 Å². The van der Waals surface area contributed by atoms with Gasteiger partial charge in [0.1, 0.15) is 5.82 Å². The molecule has 0 saturated carbocycles. The van der Waals surface area contributed by atoms with Gasteiger partial charge in [-0.1, -0.05) is 18.2 Å². The van der Waals surface area contributed by atoms with Gasteiger partial charge in [-0.15, -0.1) is 0 Å². The lowest BCUT2D eigenvalue weighted by Gasteiger charge is -2.27. The highest BCUT2D eigenvalue weighted by Gasteiger charge is 2.13. The minimum atomic E-state index is -0.187. The first-order valence-electron chi connectivity index (χ1n) is 7.46. The normalized spacial score (nSPS) is 14.0. The Kier molecular flexibility index (Phi) is 3.82. The zero-order valence-corrected chi connectivity index (χ0v) is 12.6. The van der Waals surface area contributed by atoms with Crippen molar-refractivity contribution in [3.05, 3.63) is 58.9 Å². The van der Waals surface area contributed by atoms with E-state index >= 15 is 0 Å². The summed E-state index contributed by atoms with van der Waals surface area (Å²) in [5, 5.41) is 3.19. The van der Waals surface area contributed by atoms with E-state index in [-0.39, 0.29) is 5.82 Å². The Bertz CT molecular complexity index is 652. The minimum Gasteiger partial charge on any atom is -0.379 e. The zero-order valence-electron chi connectivity index (χ0n) is 12.6. The Hall–Kier alpha value is -2.03. The highest BCUT2D eigenvalue weighted by molar-refractivity contribution is 5.56. The molecule has 0 fully saturated rings. The van der Waals surface area contributed by atoms with Crippen molar-refractivity contribution in [2.24, 2.45) is 0 Å². The smallest absolute Gasteiger partial charge is 0.146 e. The maximum Gasteiger partial charge on any atom is 0.146 e. The number of nitrogens with one attached hydrogen (secondary N) is 1. The first-order chi connectivity index (χ1) is 10.1. The topological polar surface area (TPSA) is 15.3 Å². The van der Waals surface area contributed by atoms with Crippen LogP contribution in [-0.4, -0.2) is 13.6 Å². The fourth-order valence-corrected chi connectivity index (χ4v) is 2.91.